The molecule has 2 atom stereocenters. The highest BCUT2D eigenvalue weighted by Crippen LogP contribution is 2.38. The second kappa shape index (κ2) is 7.61. The molecule has 2 aliphatic rings. The maximum atomic E-state index is 6.15. The molecule has 2 saturated carbocycles. The topological polar surface area (TPSA) is 38.5 Å². The van der Waals surface area contributed by atoms with Gasteiger partial charge in [0, 0.05) is 32.3 Å². The van der Waals surface area contributed by atoms with Gasteiger partial charge in [0.2, 0.25) is 0 Å². The predicted octanol–water partition coefficient (Wildman–Crippen LogP) is 2.64. The van der Waals surface area contributed by atoms with E-state index in [2.05, 4.69) is 11.8 Å². The van der Waals surface area contributed by atoms with Crippen molar-refractivity contribution < 1.29 is 4.74 Å². The van der Waals surface area contributed by atoms with Crippen molar-refractivity contribution in [2.45, 2.75) is 64.0 Å². The zero-order valence-corrected chi connectivity index (χ0v) is 12.8. The third-order valence-electron chi connectivity index (χ3n) is 5.24. The lowest BCUT2D eigenvalue weighted by Crippen LogP contribution is -2.52. The smallest absolute Gasteiger partial charge is 0.0589 e. The molecule has 0 spiro atoms. The Balaban J connectivity index is 1.99. The molecule has 0 aromatic heterocycles. The van der Waals surface area contributed by atoms with Crippen molar-refractivity contribution in [1.29, 1.82) is 0 Å². The summed E-state index contributed by atoms with van der Waals surface area (Å²) in [7, 11) is 1.80. The van der Waals surface area contributed by atoms with Gasteiger partial charge < -0.3 is 10.5 Å². The van der Waals surface area contributed by atoms with Gasteiger partial charge in [-0.2, -0.15) is 0 Å². The van der Waals surface area contributed by atoms with Crippen LogP contribution in [0, 0.1) is 11.8 Å². The molecule has 2 unspecified atom stereocenters. The largest absolute Gasteiger partial charge is 0.383 e. The lowest BCUT2D eigenvalue weighted by molar-refractivity contribution is 0.0484. The molecule has 112 valence electrons. The van der Waals surface area contributed by atoms with E-state index in [1.165, 1.54) is 44.9 Å². The summed E-state index contributed by atoms with van der Waals surface area (Å²) in [5, 5.41) is 0. The van der Waals surface area contributed by atoms with Crippen LogP contribution in [0.15, 0.2) is 0 Å². The number of hydrogen-bond donors (Lipinski definition) is 1. The molecule has 3 nitrogen and oxygen atoms in total. The van der Waals surface area contributed by atoms with Crippen molar-refractivity contribution in [3.8, 4) is 0 Å². The van der Waals surface area contributed by atoms with Crippen LogP contribution in [0.2, 0.25) is 0 Å². The van der Waals surface area contributed by atoms with Crippen molar-refractivity contribution in [3.05, 3.63) is 0 Å². The maximum absolute atomic E-state index is 6.15. The minimum Gasteiger partial charge on any atom is -0.383 e. The fourth-order valence-corrected chi connectivity index (χ4v) is 3.84. The van der Waals surface area contributed by atoms with E-state index in [-0.39, 0.29) is 0 Å². The molecule has 2 aliphatic carbocycles. The minimum atomic E-state index is 0.575. The molecule has 0 bridgehead atoms. The number of ether oxygens (including phenoxy) is 1. The van der Waals surface area contributed by atoms with Crippen LogP contribution < -0.4 is 5.73 Å². The number of nitrogens with two attached hydrogens (primary N) is 1. The van der Waals surface area contributed by atoms with Gasteiger partial charge >= 0.3 is 0 Å². The molecule has 3 heteroatoms. The molecule has 0 aliphatic heterocycles. The third-order valence-corrected chi connectivity index (χ3v) is 5.24. The summed E-state index contributed by atoms with van der Waals surface area (Å²) in [6.07, 6.45) is 9.79. The monoisotopic (exact) mass is 268 g/mol. The first-order valence-corrected chi connectivity index (χ1v) is 8.22. The van der Waals surface area contributed by atoms with E-state index in [9.17, 15) is 0 Å². The first-order valence-electron chi connectivity index (χ1n) is 8.22. The van der Waals surface area contributed by atoms with Gasteiger partial charge in [-0.3, -0.25) is 4.90 Å². The van der Waals surface area contributed by atoms with E-state index in [4.69, 9.17) is 10.5 Å². The van der Waals surface area contributed by atoms with E-state index in [0.29, 0.717) is 12.1 Å². The molecule has 0 aromatic rings. The van der Waals surface area contributed by atoms with Gasteiger partial charge in [0.15, 0.2) is 0 Å². The van der Waals surface area contributed by atoms with E-state index < -0.39 is 0 Å². The van der Waals surface area contributed by atoms with Gasteiger partial charge in [0.25, 0.3) is 0 Å². The van der Waals surface area contributed by atoms with Crippen LogP contribution >= 0.6 is 0 Å². The molecule has 0 amide bonds. The quantitative estimate of drug-likeness (QED) is 0.735. The van der Waals surface area contributed by atoms with Crippen LogP contribution in [0.1, 0.15) is 51.9 Å². The second-order valence-corrected chi connectivity index (χ2v) is 6.51. The summed E-state index contributed by atoms with van der Waals surface area (Å²) in [6.45, 7) is 5.09. The third kappa shape index (κ3) is 4.17. The fraction of sp³-hybridized carbons (Fsp3) is 1.00. The van der Waals surface area contributed by atoms with E-state index in [1.54, 1.807) is 7.11 Å². The summed E-state index contributed by atoms with van der Waals surface area (Å²) in [6, 6.07) is 1.26. The van der Waals surface area contributed by atoms with Crippen molar-refractivity contribution >= 4 is 0 Å². The number of rotatable bonds is 8. The molecule has 2 fully saturated rings. The molecule has 2 N–H and O–H groups in total. The summed E-state index contributed by atoms with van der Waals surface area (Å²) in [5.41, 5.74) is 6.15. The summed E-state index contributed by atoms with van der Waals surface area (Å²) < 4.78 is 5.32. The first kappa shape index (κ1) is 15.3. The van der Waals surface area contributed by atoms with Crippen LogP contribution in [-0.4, -0.2) is 43.8 Å². The Morgan fingerprint density at radius 2 is 1.79 bits per heavy atom. The molecular formula is C16H32N2O. The maximum Gasteiger partial charge on any atom is 0.0589 e. The lowest BCUT2D eigenvalue weighted by atomic mass is 9.82. The van der Waals surface area contributed by atoms with Gasteiger partial charge in [0.05, 0.1) is 6.61 Å². The van der Waals surface area contributed by atoms with Crippen LogP contribution in [-0.2, 0) is 4.74 Å². The standard InChI is InChI=1S/C16H32N2O/c1-13(14-8-9-14)18(10-11-19-2)16(12-17)15-6-4-3-5-7-15/h13-16H,3-12,17H2,1-2H3. The Labute approximate surface area is 118 Å². The molecule has 0 aromatic carbocycles. The first-order chi connectivity index (χ1) is 9.27. The van der Waals surface area contributed by atoms with Crippen LogP contribution in [0.25, 0.3) is 0 Å². The molecule has 2 rings (SSSR count). The highest BCUT2D eigenvalue weighted by Gasteiger charge is 2.37. The average molecular weight is 268 g/mol. The zero-order chi connectivity index (χ0) is 13.7. The van der Waals surface area contributed by atoms with Crippen molar-refractivity contribution in [2.24, 2.45) is 17.6 Å². The van der Waals surface area contributed by atoms with Crippen molar-refractivity contribution in [3.63, 3.8) is 0 Å². The minimum absolute atomic E-state index is 0.575. The summed E-state index contributed by atoms with van der Waals surface area (Å²) in [5.74, 6) is 1.73. The number of methoxy groups -OCH3 is 1. The Hall–Kier alpha value is -0.120. The van der Waals surface area contributed by atoms with Gasteiger partial charge in [-0.1, -0.05) is 19.3 Å². The SMILES string of the molecule is COCCN(C(C)C1CC1)C(CN)C1CCCCC1. The Morgan fingerprint density at radius 3 is 2.32 bits per heavy atom. The van der Waals surface area contributed by atoms with Crippen LogP contribution in [0.3, 0.4) is 0 Å². The van der Waals surface area contributed by atoms with Gasteiger partial charge in [-0.25, -0.2) is 0 Å². The summed E-state index contributed by atoms with van der Waals surface area (Å²) in [4.78, 5) is 2.68. The Kier molecular flexibility index (Phi) is 6.11. The normalized spacial score (nSPS) is 24.6. The average Bonchev–Trinajstić information content (AvgIpc) is 3.28. The number of hydrogen-bond acceptors (Lipinski definition) is 3. The zero-order valence-electron chi connectivity index (χ0n) is 12.8. The Morgan fingerprint density at radius 1 is 1.11 bits per heavy atom. The van der Waals surface area contributed by atoms with E-state index >= 15 is 0 Å². The second-order valence-electron chi connectivity index (χ2n) is 6.51. The van der Waals surface area contributed by atoms with Crippen molar-refractivity contribution in [2.75, 3.05) is 26.8 Å². The molecule has 19 heavy (non-hydrogen) atoms. The van der Waals surface area contributed by atoms with Crippen LogP contribution in [0.4, 0.5) is 0 Å². The van der Waals surface area contributed by atoms with Gasteiger partial charge in [0.1, 0.15) is 0 Å². The van der Waals surface area contributed by atoms with E-state index in [1.807, 2.05) is 0 Å². The van der Waals surface area contributed by atoms with Gasteiger partial charge in [-0.05, 0) is 44.4 Å². The van der Waals surface area contributed by atoms with E-state index in [0.717, 1.165) is 31.5 Å². The predicted molar refractivity (Wildman–Crippen MR) is 80.2 cm³/mol. The summed E-state index contributed by atoms with van der Waals surface area (Å²) >= 11 is 0. The highest BCUT2D eigenvalue weighted by molar-refractivity contribution is 4.91. The molecule has 0 heterocycles. The number of nitrogens with zero attached hydrogens (tertiary/aromatic N) is 1. The van der Waals surface area contributed by atoms with Crippen molar-refractivity contribution in [1.82, 2.24) is 4.90 Å². The Bertz CT molecular complexity index is 249. The molecule has 0 saturated heterocycles. The molecular weight excluding hydrogens is 236 g/mol. The molecule has 0 radical (unpaired) electrons. The van der Waals surface area contributed by atoms with Crippen LogP contribution in [0.5, 0.6) is 0 Å². The highest BCUT2D eigenvalue weighted by atomic mass is 16.5. The lowest BCUT2D eigenvalue weighted by Gasteiger charge is -2.41. The van der Waals surface area contributed by atoms with Gasteiger partial charge in [-0.15, -0.1) is 0 Å². The fourth-order valence-electron chi connectivity index (χ4n) is 3.84.